The van der Waals surface area contributed by atoms with Crippen molar-refractivity contribution in [2.45, 2.75) is 0 Å². The van der Waals surface area contributed by atoms with Crippen LogP contribution in [0.5, 0.6) is 0 Å². The quantitative estimate of drug-likeness (QED) is 0.383. The Hall–Kier alpha value is -0.610. The van der Waals surface area contributed by atoms with Crippen LogP contribution < -0.4 is 11.1 Å². The smallest absolute Gasteiger partial charge is 0.163 e. The lowest BCUT2D eigenvalue weighted by Gasteiger charge is -1.94. The minimum atomic E-state index is 0. The van der Waals surface area contributed by atoms with Crippen LogP contribution in [0, 0.1) is 0 Å². The maximum Gasteiger partial charge on any atom is 0.163 e. The lowest BCUT2D eigenvalue weighted by atomic mass is 10.6. The number of thiocarbonyl (C=S) groups is 1. The summed E-state index contributed by atoms with van der Waals surface area (Å²) >= 11 is 4.48. The molecule has 0 spiro atoms. The third kappa shape index (κ3) is 9.04. The number of nitrogens with two attached hydrogens (primary N) is 1. The number of hydrogen-bond donors (Lipinski definition) is 2. The molecule has 0 fully saturated rings. The van der Waals surface area contributed by atoms with Crippen molar-refractivity contribution in [3.8, 4) is 0 Å². The molecule has 0 rings (SSSR count). The first-order valence-electron chi connectivity index (χ1n) is 1.91. The van der Waals surface area contributed by atoms with Crippen LogP contribution >= 0.6 is 12.2 Å². The predicted octanol–water partition coefficient (Wildman–Crippen LogP) is -0.819. The highest BCUT2D eigenvalue weighted by Gasteiger charge is 1.76. The molecular formula is C4H10N2OS. The monoisotopic (exact) mass is 134 g/mol. The van der Waals surface area contributed by atoms with E-state index in [-0.39, 0.29) is 5.48 Å². The molecule has 5 N–H and O–H groups in total. The fraction of sp³-hybridized carbons (Fsp3) is 0.250. The molecule has 4 heteroatoms. The van der Waals surface area contributed by atoms with Gasteiger partial charge in [0.1, 0.15) is 0 Å². The second-order valence-corrected chi connectivity index (χ2v) is 1.47. The zero-order valence-electron chi connectivity index (χ0n) is 4.48. The normalized spacial score (nSPS) is 6.50. The van der Waals surface area contributed by atoms with E-state index in [2.05, 4.69) is 24.1 Å². The summed E-state index contributed by atoms with van der Waals surface area (Å²) in [6.07, 6.45) is 1.69. The molecule has 0 unspecified atom stereocenters. The zero-order chi connectivity index (χ0) is 5.70. The van der Waals surface area contributed by atoms with Gasteiger partial charge in [-0.2, -0.15) is 0 Å². The van der Waals surface area contributed by atoms with Crippen LogP contribution in [0.1, 0.15) is 0 Å². The molecule has 3 nitrogen and oxygen atoms in total. The molecule has 0 radical (unpaired) electrons. The fourth-order valence-corrected chi connectivity index (χ4v) is 0.256. The van der Waals surface area contributed by atoms with E-state index in [9.17, 15) is 0 Å². The molecule has 0 aromatic rings. The van der Waals surface area contributed by atoms with E-state index in [1.165, 1.54) is 0 Å². The highest BCUT2D eigenvalue weighted by Crippen LogP contribution is 1.58. The van der Waals surface area contributed by atoms with Gasteiger partial charge >= 0.3 is 0 Å². The average molecular weight is 134 g/mol. The Balaban J connectivity index is 0. The summed E-state index contributed by atoms with van der Waals surface area (Å²) in [4.78, 5) is 0. The summed E-state index contributed by atoms with van der Waals surface area (Å²) in [5.41, 5.74) is 5.05. The lowest BCUT2D eigenvalue weighted by Crippen LogP contribution is -2.28. The maximum absolute atomic E-state index is 5.05. The zero-order valence-corrected chi connectivity index (χ0v) is 5.29. The van der Waals surface area contributed by atoms with Gasteiger partial charge in [0.05, 0.1) is 0 Å². The summed E-state index contributed by atoms with van der Waals surface area (Å²) in [7, 11) is 0. The van der Waals surface area contributed by atoms with Gasteiger partial charge < -0.3 is 16.5 Å². The van der Waals surface area contributed by atoms with Crippen molar-refractivity contribution in [2.75, 3.05) is 6.54 Å². The van der Waals surface area contributed by atoms with Crippen molar-refractivity contribution in [1.82, 2.24) is 5.32 Å². The van der Waals surface area contributed by atoms with Gasteiger partial charge in [0.2, 0.25) is 0 Å². The molecule has 0 bridgehead atoms. The van der Waals surface area contributed by atoms with Gasteiger partial charge in [-0.15, -0.1) is 6.58 Å². The highest BCUT2D eigenvalue weighted by atomic mass is 32.1. The summed E-state index contributed by atoms with van der Waals surface area (Å²) < 4.78 is 0. The first kappa shape index (κ1) is 10.4. The molecule has 0 saturated heterocycles. The topological polar surface area (TPSA) is 69.5 Å². The molecule has 0 aliphatic heterocycles. The van der Waals surface area contributed by atoms with Crippen LogP contribution in [-0.2, 0) is 0 Å². The Labute approximate surface area is 53.9 Å². The molecule has 0 aromatic heterocycles. The summed E-state index contributed by atoms with van der Waals surface area (Å²) in [6.45, 7) is 4.10. The first-order valence-corrected chi connectivity index (χ1v) is 2.32. The van der Waals surface area contributed by atoms with Gasteiger partial charge in [-0.25, -0.2) is 0 Å². The molecule has 0 aliphatic rings. The standard InChI is InChI=1S/C4H8N2S.H2O/c1-2-3-6-4(5)7;/h2H,1,3H2,(H3,5,6,7);1H2. The van der Waals surface area contributed by atoms with Gasteiger partial charge in [0, 0.05) is 6.54 Å². The Morgan fingerprint density at radius 2 is 2.38 bits per heavy atom. The van der Waals surface area contributed by atoms with Crippen LogP contribution in [-0.4, -0.2) is 17.1 Å². The average Bonchev–Trinajstić information content (AvgIpc) is 1.61. The molecule has 0 saturated carbocycles. The van der Waals surface area contributed by atoms with Crippen LogP contribution in [0.15, 0.2) is 12.7 Å². The molecule has 0 heterocycles. The summed E-state index contributed by atoms with van der Waals surface area (Å²) in [5.74, 6) is 0. The highest BCUT2D eigenvalue weighted by molar-refractivity contribution is 7.80. The van der Waals surface area contributed by atoms with Crippen LogP contribution in [0.3, 0.4) is 0 Å². The number of hydrogen-bond acceptors (Lipinski definition) is 1. The minimum Gasteiger partial charge on any atom is -0.412 e. The van der Waals surface area contributed by atoms with E-state index < -0.39 is 0 Å². The van der Waals surface area contributed by atoms with Gasteiger partial charge in [-0.1, -0.05) is 6.08 Å². The molecule has 0 aromatic carbocycles. The Bertz CT molecular complexity index is 84.1. The lowest BCUT2D eigenvalue weighted by molar-refractivity contribution is 0.824. The Kier molecular flexibility index (Phi) is 8.30. The van der Waals surface area contributed by atoms with Crippen LogP contribution in [0.2, 0.25) is 0 Å². The van der Waals surface area contributed by atoms with E-state index in [1.807, 2.05) is 0 Å². The molecule has 8 heavy (non-hydrogen) atoms. The molecule has 48 valence electrons. The van der Waals surface area contributed by atoms with Gasteiger partial charge in [-0.3, -0.25) is 0 Å². The van der Waals surface area contributed by atoms with E-state index >= 15 is 0 Å². The van der Waals surface area contributed by atoms with E-state index in [4.69, 9.17) is 5.73 Å². The van der Waals surface area contributed by atoms with E-state index in [0.29, 0.717) is 11.7 Å². The SMILES string of the molecule is C=CCNC(N)=S.O. The van der Waals surface area contributed by atoms with Crippen molar-refractivity contribution in [1.29, 1.82) is 0 Å². The third-order valence-corrected chi connectivity index (χ3v) is 0.565. The van der Waals surface area contributed by atoms with Crippen LogP contribution in [0.4, 0.5) is 0 Å². The first-order chi connectivity index (χ1) is 3.27. The number of rotatable bonds is 2. The van der Waals surface area contributed by atoms with Crippen molar-refractivity contribution < 1.29 is 5.48 Å². The molecule has 0 atom stereocenters. The predicted molar refractivity (Wildman–Crippen MR) is 38.6 cm³/mol. The van der Waals surface area contributed by atoms with Crippen LogP contribution in [0.25, 0.3) is 0 Å². The number of nitrogens with one attached hydrogen (secondary N) is 1. The molecular weight excluding hydrogens is 124 g/mol. The van der Waals surface area contributed by atoms with Crippen molar-refractivity contribution >= 4 is 17.3 Å². The van der Waals surface area contributed by atoms with E-state index in [0.717, 1.165) is 0 Å². The van der Waals surface area contributed by atoms with E-state index in [1.54, 1.807) is 6.08 Å². The summed E-state index contributed by atoms with van der Waals surface area (Å²) in [6, 6.07) is 0. The second-order valence-electron chi connectivity index (χ2n) is 1.03. The van der Waals surface area contributed by atoms with Crippen molar-refractivity contribution in [3.63, 3.8) is 0 Å². The van der Waals surface area contributed by atoms with Gasteiger partial charge in [-0.05, 0) is 12.2 Å². The fourth-order valence-electron chi connectivity index (χ4n) is 0.173. The maximum atomic E-state index is 5.05. The Morgan fingerprint density at radius 3 is 2.50 bits per heavy atom. The largest absolute Gasteiger partial charge is 0.412 e. The Morgan fingerprint density at radius 1 is 1.88 bits per heavy atom. The van der Waals surface area contributed by atoms with Gasteiger partial charge in [0.25, 0.3) is 0 Å². The second kappa shape index (κ2) is 6.39. The summed E-state index contributed by atoms with van der Waals surface area (Å²) in [5, 5.41) is 3.01. The molecule has 0 amide bonds. The minimum absolute atomic E-state index is 0. The molecule has 0 aliphatic carbocycles. The van der Waals surface area contributed by atoms with Gasteiger partial charge in [0.15, 0.2) is 5.11 Å². The van der Waals surface area contributed by atoms with Crippen molar-refractivity contribution in [2.24, 2.45) is 5.73 Å². The van der Waals surface area contributed by atoms with Crippen molar-refractivity contribution in [3.05, 3.63) is 12.7 Å². The third-order valence-electron chi connectivity index (χ3n) is 0.421.